The third-order valence-electron chi connectivity index (χ3n) is 2.86. The zero-order valence-corrected chi connectivity index (χ0v) is 11.9. The fourth-order valence-corrected chi connectivity index (χ4v) is 2.93. The van der Waals surface area contributed by atoms with Crippen molar-refractivity contribution in [2.45, 2.75) is 10.9 Å². The zero-order valence-electron chi connectivity index (χ0n) is 10.4. The largest absolute Gasteiger partial charge is 0.399 e. The van der Waals surface area contributed by atoms with Crippen LogP contribution in [-0.2, 0) is 5.75 Å². The molecule has 0 saturated carbocycles. The van der Waals surface area contributed by atoms with E-state index in [1.165, 1.54) is 23.9 Å². The van der Waals surface area contributed by atoms with Crippen molar-refractivity contribution in [3.05, 3.63) is 52.8 Å². The molecule has 0 spiro atoms. The van der Waals surface area contributed by atoms with Crippen LogP contribution < -0.4 is 5.73 Å². The van der Waals surface area contributed by atoms with E-state index in [1.54, 1.807) is 12.1 Å². The van der Waals surface area contributed by atoms with Gasteiger partial charge in [0.25, 0.3) is 0 Å². The molecular weight excluding hydrogens is 297 g/mol. The highest BCUT2D eigenvalue weighted by atomic mass is 35.5. The fraction of sp³-hybridized carbons (Fsp3) is 0.0714. The molecule has 0 aliphatic rings. The summed E-state index contributed by atoms with van der Waals surface area (Å²) in [5.74, 6) is 0.198. The number of hydrogen-bond donors (Lipinski definition) is 2. The van der Waals surface area contributed by atoms with Gasteiger partial charge in [0, 0.05) is 16.5 Å². The molecule has 20 heavy (non-hydrogen) atoms. The summed E-state index contributed by atoms with van der Waals surface area (Å²) >= 11 is 7.29. The lowest BCUT2D eigenvalue weighted by atomic mass is 10.2. The molecule has 0 saturated heterocycles. The highest BCUT2D eigenvalue weighted by Gasteiger charge is 2.07. The Bertz CT molecular complexity index is 772. The van der Waals surface area contributed by atoms with Gasteiger partial charge in [-0.25, -0.2) is 9.37 Å². The summed E-state index contributed by atoms with van der Waals surface area (Å²) in [6.07, 6.45) is 0. The van der Waals surface area contributed by atoms with Crippen LogP contribution in [0.4, 0.5) is 10.1 Å². The summed E-state index contributed by atoms with van der Waals surface area (Å²) in [5, 5.41) is 1.25. The number of nitrogens with zero attached hydrogens (tertiary/aromatic N) is 1. The first-order valence-electron chi connectivity index (χ1n) is 5.94. The number of imidazole rings is 1. The van der Waals surface area contributed by atoms with Crippen LogP contribution >= 0.6 is 23.4 Å². The lowest BCUT2D eigenvalue weighted by molar-refractivity contribution is 0.617. The van der Waals surface area contributed by atoms with Crippen molar-refractivity contribution >= 4 is 40.1 Å². The minimum Gasteiger partial charge on any atom is -0.399 e. The van der Waals surface area contributed by atoms with Gasteiger partial charge < -0.3 is 10.7 Å². The number of hydrogen-bond acceptors (Lipinski definition) is 3. The van der Waals surface area contributed by atoms with Gasteiger partial charge in [0.05, 0.1) is 11.0 Å². The molecule has 0 atom stereocenters. The second-order valence-corrected chi connectivity index (χ2v) is 5.74. The number of thioether (sulfide) groups is 1. The average molecular weight is 308 g/mol. The maximum absolute atomic E-state index is 13.6. The quantitative estimate of drug-likeness (QED) is 0.562. The highest BCUT2D eigenvalue weighted by molar-refractivity contribution is 7.98. The molecule has 0 amide bonds. The average Bonchev–Trinajstić information content (AvgIpc) is 2.81. The van der Waals surface area contributed by atoms with Crippen LogP contribution in [0.1, 0.15) is 5.56 Å². The van der Waals surface area contributed by atoms with Crippen LogP contribution in [-0.4, -0.2) is 9.97 Å². The van der Waals surface area contributed by atoms with E-state index in [1.807, 2.05) is 12.1 Å². The van der Waals surface area contributed by atoms with Crippen molar-refractivity contribution in [3.8, 4) is 0 Å². The van der Waals surface area contributed by atoms with E-state index < -0.39 is 0 Å². The van der Waals surface area contributed by atoms with Gasteiger partial charge >= 0.3 is 0 Å². The molecule has 0 radical (unpaired) electrons. The van der Waals surface area contributed by atoms with Crippen LogP contribution in [0.25, 0.3) is 11.0 Å². The third-order valence-corrected chi connectivity index (χ3v) is 4.01. The second-order valence-electron chi connectivity index (χ2n) is 4.34. The first kappa shape index (κ1) is 13.3. The SMILES string of the molecule is Nc1ccc2nc(SCc3cc(Cl)ccc3F)[nH]c2c1. The van der Waals surface area contributed by atoms with E-state index in [9.17, 15) is 4.39 Å². The van der Waals surface area contributed by atoms with Gasteiger partial charge in [0.2, 0.25) is 0 Å². The number of benzene rings is 2. The van der Waals surface area contributed by atoms with E-state index in [0.29, 0.717) is 22.0 Å². The minimum atomic E-state index is -0.262. The summed E-state index contributed by atoms with van der Waals surface area (Å²) in [4.78, 5) is 7.57. The first-order chi connectivity index (χ1) is 9.61. The van der Waals surface area contributed by atoms with Crippen molar-refractivity contribution in [3.63, 3.8) is 0 Å². The molecule has 1 aromatic heterocycles. The van der Waals surface area contributed by atoms with E-state index in [2.05, 4.69) is 9.97 Å². The summed E-state index contributed by atoms with van der Waals surface area (Å²) in [6, 6.07) is 10.0. The molecule has 102 valence electrons. The van der Waals surface area contributed by atoms with Crippen molar-refractivity contribution in [1.82, 2.24) is 9.97 Å². The molecule has 0 bridgehead atoms. The van der Waals surface area contributed by atoms with Gasteiger partial charge in [-0.15, -0.1) is 0 Å². The normalized spacial score (nSPS) is 11.1. The molecule has 0 fully saturated rings. The summed E-state index contributed by atoms with van der Waals surface area (Å²) in [5.41, 5.74) is 8.67. The van der Waals surface area contributed by atoms with Gasteiger partial charge in [-0.3, -0.25) is 0 Å². The fourth-order valence-electron chi connectivity index (χ4n) is 1.87. The summed E-state index contributed by atoms with van der Waals surface area (Å²) in [6.45, 7) is 0. The number of nitrogens with two attached hydrogens (primary N) is 1. The van der Waals surface area contributed by atoms with Gasteiger partial charge in [0.1, 0.15) is 5.82 Å². The number of rotatable bonds is 3. The maximum Gasteiger partial charge on any atom is 0.166 e. The standard InChI is InChI=1S/C14H11ClFN3S/c15-9-1-3-11(16)8(5-9)7-20-14-18-12-4-2-10(17)6-13(12)19-14/h1-6H,7,17H2,(H,18,19). The van der Waals surface area contributed by atoms with Crippen molar-refractivity contribution < 1.29 is 4.39 Å². The molecule has 3 rings (SSSR count). The number of nitrogens with one attached hydrogen (secondary N) is 1. The summed E-state index contributed by atoms with van der Waals surface area (Å²) in [7, 11) is 0. The molecule has 3 aromatic rings. The van der Waals surface area contributed by atoms with E-state index >= 15 is 0 Å². The number of fused-ring (bicyclic) bond motifs is 1. The van der Waals surface area contributed by atoms with Crippen LogP contribution in [0.5, 0.6) is 0 Å². The number of halogens is 2. The Balaban J connectivity index is 1.81. The molecule has 3 N–H and O–H groups in total. The first-order valence-corrected chi connectivity index (χ1v) is 7.30. The molecule has 3 nitrogen and oxygen atoms in total. The Morgan fingerprint density at radius 1 is 1.25 bits per heavy atom. The maximum atomic E-state index is 13.6. The van der Waals surface area contributed by atoms with Crippen molar-refractivity contribution in [2.24, 2.45) is 0 Å². The van der Waals surface area contributed by atoms with Gasteiger partial charge in [-0.2, -0.15) is 0 Å². The molecule has 2 aromatic carbocycles. The Morgan fingerprint density at radius 2 is 2.10 bits per heavy atom. The van der Waals surface area contributed by atoms with Crippen LogP contribution in [0, 0.1) is 5.82 Å². The van der Waals surface area contributed by atoms with Crippen LogP contribution in [0.3, 0.4) is 0 Å². The molecule has 0 aliphatic heterocycles. The van der Waals surface area contributed by atoms with Crippen molar-refractivity contribution in [2.75, 3.05) is 5.73 Å². The van der Waals surface area contributed by atoms with Crippen molar-refractivity contribution in [1.29, 1.82) is 0 Å². The third kappa shape index (κ3) is 2.73. The van der Waals surface area contributed by atoms with E-state index in [0.717, 1.165) is 16.2 Å². The zero-order chi connectivity index (χ0) is 14.1. The predicted molar refractivity (Wildman–Crippen MR) is 81.5 cm³/mol. The monoisotopic (exact) mass is 307 g/mol. The van der Waals surface area contributed by atoms with Crippen LogP contribution in [0.2, 0.25) is 5.02 Å². The molecule has 1 heterocycles. The molecule has 0 aliphatic carbocycles. The van der Waals surface area contributed by atoms with Gasteiger partial charge in [-0.1, -0.05) is 23.4 Å². The molecule has 0 unspecified atom stereocenters. The van der Waals surface area contributed by atoms with Crippen LogP contribution in [0.15, 0.2) is 41.6 Å². The lowest BCUT2D eigenvalue weighted by Gasteiger charge is -2.01. The number of aromatic amines is 1. The number of H-pyrrole nitrogens is 1. The second kappa shape index (κ2) is 5.34. The smallest absolute Gasteiger partial charge is 0.166 e. The van der Waals surface area contributed by atoms with Gasteiger partial charge in [0.15, 0.2) is 5.16 Å². The number of nitrogen functional groups attached to an aromatic ring is 1. The number of anilines is 1. The van der Waals surface area contributed by atoms with E-state index in [4.69, 9.17) is 17.3 Å². The highest BCUT2D eigenvalue weighted by Crippen LogP contribution is 2.26. The topological polar surface area (TPSA) is 54.7 Å². The van der Waals surface area contributed by atoms with Gasteiger partial charge in [-0.05, 0) is 42.0 Å². The Morgan fingerprint density at radius 3 is 2.95 bits per heavy atom. The molecule has 6 heteroatoms. The summed E-state index contributed by atoms with van der Waals surface area (Å²) < 4.78 is 13.6. The Hall–Kier alpha value is -1.72. The van der Waals surface area contributed by atoms with E-state index in [-0.39, 0.29) is 5.82 Å². The minimum absolute atomic E-state index is 0.262. The predicted octanol–water partition coefficient (Wildman–Crippen LogP) is 4.23. The Kier molecular flexibility index (Phi) is 3.54. The molecular formula is C14H11ClFN3S. The lowest BCUT2D eigenvalue weighted by Crippen LogP contribution is -1.87. The number of aromatic nitrogens is 2. The Labute approximate surface area is 124 Å².